The summed E-state index contributed by atoms with van der Waals surface area (Å²) in [6, 6.07) is 3.43. The fourth-order valence-electron chi connectivity index (χ4n) is 7.80. The summed E-state index contributed by atoms with van der Waals surface area (Å²) in [5, 5.41) is 65.5. The first-order valence-electron chi connectivity index (χ1n) is 13.2. The first kappa shape index (κ1) is 27.2. The Morgan fingerprint density at radius 1 is 1.11 bits per heavy atom. The number of carboxylic acids is 1. The Morgan fingerprint density at radius 2 is 1.87 bits per heavy atom. The molecule has 38 heavy (non-hydrogen) atoms. The quantitative estimate of drug-likeness (QED) is 0.225. The summed E-state index contributed by atoms with van der Waals surface area (Å²) in [5.74, 6) is -0.603. The predicted octanol–water partition coefficient (Wildman–Crippen LogP) is -5.45. The molecule has 2 bridgehead atoms. The Bertz CT molecular complexity index is 1130. The van der Waals surface area contributed by atoms with Gasteiger partial charge in [0, 0.05) is 18.2 Å². The number of likely N-dealkylation sites (tertiary alicyclic amines) is 1. The summed E-state index contributed by atoms with van der Waals surface area (Å²) in [6.07, 6.45) is -5.95. The molecular formula is C26H32NNaO10. The van der Waals surface area contributed by atoms with Crippen molar-refractivity contribution in [1.82, 2.24) is 4.90 Å². The fourth-order valence-corrected chi connectivity index (χ4v) is 7.80. The molecule has 202 valence electrons. The van der Waals surface area contributed by atoms with Gasteiger partial charge >= 0.3 is 29.6 Å². The monoisotopic (exact) mass is 541 g/mol. The number of nitrogens with zero attached hydrogens (tertiary/aromatic N) is 1. The molecule has 11 nitrogen and oxygen atoms in total. The van der Waals surface area contributed by atoms with E-state index in [-0.39, 0.29) is 41.3 Å². The molecule has 2 saturated heterocycles. The molecule has 0 unspecified atom stereocenters. The zero-order valence-electron chi connectivity index (χ0n) is 21.2. The van der Waals surface area contributed by atoms with Crippen LogP contribution in [0.15, 0.2) is 12.1 Å². The van der Waals surface area contributed by atoms with Gasteiger partial charge in [-0.1, -0.05) is 6.07 Å². The van der Waals surface area contributed by atoms with Crippen LogP contribution in [0.3, 0.4) is 0 Å². The average molecular weight is 542 g/mol. The fraction of sp³-hybridized carbons (Fsp3) is 0.731. The van der Waals surface area contributed by atoms with Gasteiger partial charge in [-0.25, -0.2) is 0 Å². The molecule has 2 saturated carbocycles. The number of carbonyl (C=O) groups excluding carboxylic acids is 1. The normalized spacial score (nSPS) is 45.0. The molecule has 10 atom stereocenters. The third-order valence-corrected chi connectivity index (χ3v) is 9.76. The van der Waals surface area contributed by atoms with Crippen LogP contribution in [-0.2, 0) is 21.4 Å². The second-order valence-electron chi connectivity index (χ2n) is 11.7. The minimum atomic E-state index is -1.90. The minimum absolute atomic E-state index is 0. The second-order valence-corrected chi connectivity index (χ2v) is 11.7. The number of piperidine rings is 1. The van der Waals surface area contributed by atoms with E-state index >= 15 is 0 Å². The number of hydrogen-bond acceptors (Lipinski definition) is 11. The Balaban J connectivity index is 0.00000264. The summed E-state index contributed by atoms with van der Waals surface area (Å²) in [4.78, 5) is 13.8. The topological polar surface area (TPSA) is 172 Å². The number of hydrogen-bond donors (Lipinski definition) is 5. The van der Waals surface area contributed by atoms with E-state index in [2.05, 4.69) is 4.90 Å². The Morgan fingerprint density at radius 3 is 2.58 bits per heavy atom. The largest absolute Gasteiger partial charge is 1.00 e. The smallest absolute Gasteiger partial charge is 0.547 e. The van der Waals surface area contributed by atoms with Crippen LogP contribution in [0.5, 0.6) is 11.5 Å². The number of aliphatic carboxylic acids is 1. The summed E-state index contributed by atoms with van der Waals surface area (Å²) >= 11 is 0. The van der Waals surface area contributed by atoms with E-state index in [0.29, 0.717) is 37.4 Å². The van der Waals surface area contributed by atoms with Crippen molar-refractivity contribution in [2.75, 3.05) is 13.1 Å². The van der Waals surface area contributed by atoms with Crippen molar-refractivity contribution in [3.63, 3.8) is 0 Å². The van der Waals surface area contributed by atoms with Gasteiger partial charge in [-0.05, 0) is 62.6 Å². The third-order valence-electron chi connectivity index (χ3n) is 9.76. The van der Waals surface area contributed by atoms with Crippen molar-refractivity contribution in [2.24, 2.45) is 5.92 Å². The number of carboxylic acid groups (broad SMARTS) is 1. The van der Waals surface area contributed by atoms with Crippen LogP contribution in [-0.4, -0.2) is 104 Å². The molecular weight excluding hydrogens is 509 g/mol. The number of rotatable bonds is 5. The van der Waals surface area contributed by atoms with Gasteiger partial charge in [-0.15, -0.1) is 0 Å². The minimum Gasteiger partial charge on any atom is -0.547 e. The van der Waals surface area contributed by atoms with Gasteiger partial charge in [0.15, 0.2) is 11.5 Å². The van der Waals surface area contributed by atoms with Gasteiger partial charge in [0.05, 0.1) is 23.1 Å². The third kappa shape index (κ3) is 3.60. The van der Waals surface area contributed by atoms with Gasteiger partial charge in [-0.2, -0.15) is 0 Å². The molecule has 7 rings (SSSR count). The average Bonchev–Trinajstić information content (AvgIpc) is 3.61. The first-order chi connectivity index (χ1) is 17.7. The molecule has 12 heteroatoms. The Labute approximate surface area is 241 Å². The van der Waals surface area contributed by atoms with E-state index in [9.17, 15) is 35.4 Å². The zero-order valence-corrected chi connectivity index (χ0v) is 23.2. The molecule has 3 aliphatic carbocycles. The molecule has 0 aromatic heterocycles. The van der Waals surface area contributed by atoms with E-state index in [4.69, 9.17) is 14.2 Å². The van der Waals surface area contributed by atoms with Crippen LogP contribution in [0.25, 0.3) is 0 Å². The molecule has 0 radical (unpaired) electrons. The van der Waals surface area contributed by atoms with Crippen LogP contribution >= 0.6 is 0 Å². The first-order valence-corrected chi connectivity index (χ1v) is 13.2. The summed E-state index contributed by atoms with van der Waals surface area (Å²) in [5.41, 5.74) is -0.127. The van der Waals surface area contributed by atoms with E-state index in [1.54, 1.807) is 6.07 Å². The van der Waals surface area contributed by atoms with Crippen LogP contribution in [0.1, 0.15) is 43.2 Å². The van der Waals surface area contributed by atoms with Crippen molar-refractivity contribution < 1.29 is 79.2 Å². The van der Waals surface area contributed by atoms with Crippen molar-refractivity contribution >= 4 is 5.97 Å². The van der Waals surface area contributed by atoms with Crippen molar-refractivity contribution in [2.45, 2.75) is 98.5 Å². The van der Waals surface area contributed by atoms with Gasteiger partial charge in [0.2, 0.25) is 6.29 Å². The number of benzene rings is 1. The number of ether oxygens (including phenoxy) is 3. The Hall–Kier alpha value is -0.990. The second kappa shape index (κ2) is 9.27. The number of aliphatic hydroxyl groups is 5. The van der Waals surface area contributed by atoms with Crippen LogP contribution in [0.4, 0.5) is 0 Å². The van der Waals surface area contributed by atoms with Crippen molar-refractivity contribution in [3.8, 4) is 11.5 Å². The summed E-state index contributed by atoms with van der Waals surface area (Å²) < 4.78 is 17.5. The molecule has 1 spiro atoms. The predicted molar refractivity (Wildman–Crippen MR) is 121 cm³/mol. The Kier molecular flexibility index (Phi) is 6.63. The van der Waals surface area contributed by atoms with Crippen LogP contribution in [0.2, 0.25) is 0 Å². The van der Waals surface area contributed by atoms with Gasteiger partial charge in [-0.3, -0.25) is 4.90 Å². The molecule has 6 aliphatic rings. The number of carbonyl (C=O) groups is 1. The van der Waals surface area contributed by atoms with E-state index in [1.165, 1.54) is 12.8 Å². The summed E-state index contributed by atoms with van der Waals surface area (Å²) in [7, 11) is 0. The van der Waals surface area contributed by atoms with Crippen molar-refractivity contribution in [3.05, 3.63) is 23.3 Å². The molecule has 1 aromatic carbocycles. The molecule has 3 aliphatic heterocycles. The molecule has 0 amide bonds. The summed E-state index contributed by atoms with van der Waals surface area (Å²) in [6.45, 7) is 1.74. The molecule has 3 heterocycles. The SMILES string of the molecule is O=C([O-])[C@H]1O[C@@H](Oc2ccc3c4c2O[C@H]2[C@H](O)CC[C@@]5(O)[C@@H](C3)N(CC3CC3)CC[C@]425)[C@H](O)[C@@H](O)[C@@H]1O.[Na+]. The van der Waals surface area contributed by atoms with E-state index < -0.39 is 59.9 Å². The maximum Gasteiger partial charge on any atom is 1.00 e. The van der Waals surface area contributed by atoms with Gasteiger partial charge < -0.3 is 49.6 Å². The zero-order chi connectivity index (χ0) is 25.9. The van der Waals surface area contributed by atoms with Crippen LogP contribution < -0.4 is 44.1 Å². The maximum atomic E-state index is 12.4. The van der Waals surface area contributed by atoms with Gasteiger partial charge in [0.25, 0.3) is 0 Å². The molecule has 5 N–H and O–H groups in total. The van der Waals surface area contributed by atoms with Gasteiger partial charge in [0.1, 0.15) is 30.5 Å². The standard InChI is InChI=1S/C26H33NO10.Na/c28-13-5-6-26(34)15-9-12-3-4-14(35-24-19(31)17(29)18(30)21(37-24)23(32)33)20-16(12)25(26,22(13)36-20)7-8-27(15)10-11-1-2-11;/h3-4,11,13,15,17-19,21-22,24,28-31,34H,1-2,5-10H2,(H,32,33);/q;+1/p-1/t13-,15-,17+,18+,19-,21+,22+,24-,25+,26-;/m1./s1. The van der Waals surface area contributed by atoms with Crippen molar-refractivity contribution in [1.29, 1.82) is 0 Å². The van der Waals surface area contributed by atoms with E-state index in [1.807, 2.05) is 6.07 Å². The van der Waals surface area contributed by atoms with E-state index in [0.717, 1.165) is 24.2 Å². The maximum absolute atomic E-state index is 12.4. The van der Waals surface area contributed by atoms with Crippen LogP contribution in [0, 0.1) is 5.92 Å². The molecule has 4 fully saturated rings. The molecule has 1 aromatic rings. The number of aliphatic hydroxyl groups excluding tert-OH is 4.